The fourth-order valence-electron chi connectivity index (χ4n) is 10.4. The first-order valence-corrected chi connectivity index (χ1v) is 13.4. The molecule has 1 aliphatic heterocycles. The Kier molecular flexibility index (Phi) is 5.28. The van der Waals surface area contributed by atoms with Gasteiger partial charge < -0.3 is 4.74 Å². The molecule has 5 fully saturated rings. The SMILES string of the molecule is CC(C)=CCCC(C)C1CCC2C3CCC4C5(C)COC5CCC4(C)C3CCC12C. The zero-order valence-corrected chi connectivity index (χ0v) is 20.8. The summed E-state index contributed by atoms with van der Waals surface area (Å²) in [6.45, 7) is 16.2. The van der Waals surface area contributed by atoms with E-state index in [9.17, 15) is 0 Å². The second kappa shape index (κ2) is 7.36. The Bertz CT molecular complexity index is 690. The fraction of sp³-hybridized carbons (Fsp3) is 0.931. The van der Waals surface area contributed by atoms with Crippen LogP contribution in [0.25, 0.3) is 0 Å². The lowest BCUT2D eigenvalue weighted by atomic mass is 9.40. The van der Waals surface area contributed by atoms with Gasteiger partial charge in [0.05, 0.1) is 12.7 Å². The smallest absolute Gasteiger partial charge is 0.0654 e. The van der Waals surface area contributed by atoms with E-state index in [1.807, 2.05) is 0 Å². The molecule has 1 heterocycles. The molecule has 10 unspecified atom stereocenters. The highest BCUT2D eigenvalue weighted by Gasteiger charge is 2.66. The Hall–Kier alpha value is -0.300. The number of hydrogen-bond donors (Lipinski definition) is 0. The van der Waals surface area contributed by atoms with E-state index in [2.05, 4.69) is 47.6 Å². The average molecular weight is 413 g/mol. The van der Waals surface area contributed by atoms with Gasteiger partial charge in [0.15, 0.2) is 0 Å². The molecule has 1 nitrogen and oxygen atoms in total. The molecule has 0 spiro atoms. The predicted octanol–water partition coefficient (Wildman–Crippen LogP) is 8.04. The van der Waals surface area contributed by atoms with Crippen LogP contribution in [0.4, 0.5) is 0 Å². The summed E-state index contributed by atoms with van der Waals surface area (Å²) in [7, 11) is 0. The summed E-state index contributed by atoms with van der Waals surface area (Å²) in [5.41, 5.74) is 3.20. The zero-order valence-electron chi connectivity index (χ0n) is 20.8. The van der Waals surface area contributed by atoms with Crippen molar-refractivity contribution in [2.75, 3.05) is 6.61 Å². The molecule has 30 heavy (non-hydrogen) atoms. The van der Waals surface area contributed by atoms with Gasteiger partial charge in [-0.05, 0) is 124 Å². The van der Waals surface area contributed by atoms with Crippen LogP contribution in [0.15, 0.2) is 11.6 Å². The number of hydrogen-bond acceptors (Lipinski definition) is 1. The van der Waals surface area contributed by atoms with E-state index in [1.165, 1.54) is 69.8 Å². The van der Waals surface area contributed by atoms with E-state index in [4.69, 9.17) is 4.74 Å². The third kappa shape index (κ3) is 2.96. The summed E-state index contributed by atoms with van der Waals surface area (Å²) in [5.74, 6) is 5.79. The Labute approximate surface area is 186 Å². The largest absolute Gasteiger partial charge is 0.377 e. The minimum absolute atomic E-state index is 0.496. The van der Waals surface area contributed by atoms with Gasteiger partial charge in [-0.2, -0.15) is 0 Å². The highest BCUT2D eigenvalue weighted by Crippen LogP contribution is 2.71. The summed E-state index contributed by atoms with van der Waals surface area (Å²) in [4.78, 5) is 0. The molecular formula is C29H48O. The lowest BCUT2D eigenvalue weighted by Gasteiger charge is -2.68. The number of ether oxygens (including phenoxy) is 1. The normalized spacial score (nSPS) is 52.9. The Balaban J connectivity index is 1.33. The summed E-state index contributed by atoms with van der Waals surface area (Å²) < 4.78 is 6.04. The van der Waals surface area contributed by atoms with Gasteiger partial charge in [-0.15, -0.1) is 0 Å². The van der Waals surface area contributed by atoms with Crippen molar-refractivity contribution in [2.24, 2.45) is 51.8 Å². The molecule has 0 aromatic heterocycles. The average Bonchev–Trinajstić information content (AvgIpc) is 3.03. The van der Waals surface area contributed by atoms with Crippen molar-refractivity contribution >= 4 is 0 Å². The Morgan fingerprint density at radius 1 is 0.900 bits per heavy atom. The molecule has 5 aliphatic rings. The molecule has 0 aromatic carbocycles. The summed E-state index contributed by atoms with van der Waals surface area (Å²) >= 11 is 0. The van der Waals surface area contributed by atoms with E-state index in [-0.39, 0.29) is 0 Å². The van der Waals surface area contributed by atoms with Gasteiger partial charge in [-0.3, -0.25) is 0 Å². The summed E-state index contributed by atoms with van der Waals surface area (Å²) in [6, 6.07) is 0. The van der Waals surface area contributed by atoms with Crippen molar-refractivity contribution in [3.63, 3.8) is 0 Å². The monoisotopic (exact) mass is 412 g/mol. The van der Waals surface area contributed by atoms with E-state index in [1.54, 1.807) is 0 Å². The first-order valence-electron chi connectivity index (χ1n) is 13.4. The molecule has 1 saturated heterocycles. The molecular weight excluding hydrogens is 364 g/mol. The lowest BCUT2D eigenvalue weighted by Crippen LogP contribution is -2.66. The van der Waals surface area contributed by atoms with Gasteiger partial charge in [0.25, 0.3) is 0 Å². The molecule has 170 valence electrons. The Morgan fingerprint density at radius 3 is 2.33 bits per heavy atom. The molecule has 0 bridgehead atoms. The van der Waals surface area contributed by atoms with Crippen molar-refractivity contribution < 1.29 is 4.74 Å². The third-order valence-corrected chi connectivity index (χ3v) is 11.9. The van der Waals surface area contributed by atoms with Crippen LogP contribution in [0, 0.1) is 51.8 Å². The summed E-state index contributed by atoms with van der Waals surface area (Å²) in [6.07, 6.45) is 17.6. The molecule has 5 rings (SSSR count). The second-order valence-electron chi connectivity index (χ2n) is 13.4. The maximum atomic E-state index is 6.04. The van der Waals surface area contributed by atoms with Crippen LogP contribution in [-0.2, 0) is 4.74 Å². The van der Waals surface area contributed by atoms with Crippen LogP contribution in [0.1, 0.15) is 106 Å². The molecule has 4 saturated carbocycles. The quantitative estimate of drug-likeness (QED) is 0.424. The number of rotatable bonds is 4. The van der Waals surface area contributed by atoms with Crippen molar-refractivity contribution in [2.45, 2.75) is 112 Å². The van der Waals surface area contributed by atoms with Crippen molar-refractivity contribution in [1.29, 1.82) is 0 Å². The molecule has 4 aliphatic carbocycles. The standard InChI is InChI=1S/C29H48O/c1-19(2)8-7-9-20(3)22-11-12-23-21-10-13-25-28(5,24(21)14-16-27(22,23)4)17-15-26-29(25,6)18-30-26/h8,20-26H,7,9-18H2,1-6H3. The van der Waals surface area contributed by atoms with Gasteiger partial charge >= 0.3 is 0 Å². The number of fused-ring (bicyclic) bond motifs is 7. The first-order chi connectivity index (χ1) is 14.2. The molecule has 0 aromatic rings. The first kappa shape index (κ1) is 21.5. The van der Waals surface area contributed by atoms with Gasteiger partial charge in [-0.25, -0.2) is 0 Å². The minimum Gasteiger partial charge on any atom is -0.377 e. The predicted molar refractivity (Wildman–Crippen MR) is 126 cm³/mol. The van der Waals surface area contributed by atoms with Crippen LogP contribution in [0.2, 0.25) is 0 Å². The van der Waals surface area contributed by atoms with Crippen LogP contribution >= 0.6 is 0 Å². The minimum atomic E-state index is 0.496. The van der Waals surface area contributed by atoms with Crippen molar-refractivity contribution in [3.05, 3.63) is 11.6 Å². The van der Waals surface area contributed by atoms with Gasteiger partial charge in [0, 0.05) is 5.41 Å². The van der Waals surface area contributed by atoms with Crippen LogP contribution in [0.3, 0.4) is 0 Å². The maximum absolute atomic E-state index is 6.04. The molecule has 0 N–H and O–H groups in total. The van der Waals surface area contributed by atoms with E-state index >= 15 is 0 Å². The molecule has 0 radical (unpaired) electrons. The maximum Gasteiger partial charge on any atom is 0.0654 e. The van der Waals surface area contributed by atoms with Crippen LogP contribution < -0.4 is 0 Å². The highest BCUT2D eigenvalue weighted by atomic mass is 16.5. The number of allylic oxidation sites excluding steroid dienone is 2. The summed E-state index contributed by atoms with van der Waals surface area (Å²) in [5, 5.41) is 0. The Morgan fingerprint density at radius 2 is 1.63 bits per heavy atom. The van der Waals surface area contributed by atoms with E-state index in [0.717, 1.165) is 42.1 Å². The zero-order chi connectivity index (χ0) is 21.3. The topological polar surface area (TPSA) is 9.23 Å². The van der Waals surface area contributed by atoms with Gasteiger partial charge in [0.2, 0.25) is 0 Å². The van der Waals surface area contributed by atoms with Crippen molar-refractivity contribution in [1.82, 2.24) is 0 Å². The molecule has 1 heteroatoms. The molecule has 10 atom stereocenters. The van der Waals surface area contributed by atoms with Crippen LogP contribution in [-0.4, -0.2) is 12.7 Å². The van der Waals surface area contributed by atoms with Crippen LogP contribution in [0.5, 0.6) is 0 Å². The molecule has 0 amide bonds. The van der Waals surface area contributed by atoms with E-state index < -0.39 is 0 Å². The van der Waals surface area contributed by atoms with Crippen molar-refractivity contribution in [3.8, 4) is 0 Å². The third-order valence-electron chi connectivity index (χ3n) is 11.9. The lowest BCUT2D eigenvalue weighted by molar-refractivity contribution is -0.278. The fourth-order valence-corrected chi connectivity index (χ4v) is 10.4. The second-order valence-corrected chi connectivity index (χ2v) is 13.4. The van der Waals surface area contributed by atoms with E-state index in [0.29, 0.717) is 22.3 Å². The van der Waals surface area contributed by atoms with Gasteiger partial charge in [-0.1, -0.05) is 39.3 Å². The van der Waals surface area contributed by atoms with Gasteiger partial charge in [0.1, 0.15) is 0 Å². The highest BCUT2D eigenvalue weighted by molar-refractivity contribution is 5.14.